The Morgan fingerprint density at radius 2 is 2.07 bits per heavy atom. The lowest BCUT2D eigenvalue weighted by Crippen LogP contribution is -1.85. The summed E-state index contributed by atoms with van der Waals surface area (Å²) in [5, 5.41) is 10.2. The summed E-state index contributed by atoms with van der Waals surface area (Å²) < 4.78 is 0. The maximum absolute atomic E-state index is 8.99. The second-order valence-corrected chi connectivity index (χ2v) is 3.95. The van der Waals surface area contributed by atoms with Gasteiger partial charge in [-0.3, -0.25) is 0 Å². The van der Waals surface area contributed by atoms with Gasteiger partial charge in [0, 0.05) is 16.6 Å². The van der Waals surface area contributed by atoms with E-state index < -0.39 is 0 Å². The van der Waals surface area contributed by atoms with Gasteiger partial charge >= 0.3 is 0 Å². The smallest absolute Gasteiger partial charge is 0.0831 e. The van der Waals surface area contributed by atoms with Gasteiger partial charge in [-0.2, -0.15) is 0 Å². The minimum Gasteiger partial charge on any atom is -0.390 e. The molecule has 2 rings (SSSR count). The third-order valence-corrected chi connectivity index (χ3v) is 2.54. The van der Waals surface area contributed by atoms with Gasteiger partial charge in [-0.1, -0.05) is 19.9 Å². The Kier molecular flexibility index (Phi) is 2.30. The summed E-state index contributed by atoms with van der Waals surface area (Å²) in [4.78, 5) is 3.16. The average molecular weight is 189 g/mol. The van der Waals surface area contributed by atoms with Gasteiger partial charge < -0.3 is 10.1 Å². The van der Waals surface area contributed by atoms with Crippen LogP contribution in [0, 0.1) is 0 Å². The first-order chi connectivity index (χ1) is 6.70. The van der Waals surface area contributed by atoms with Crippen LogP contribution in [0.1, 0.15) is 31.0 Å². The molecule has 0 spiro atoms. The maximum atomic E-state index is 8.99. The predicted octanol–water partition coefficient (Wildman–Crippen LogP) is 2.78. The summed E-state index contributed by atoms with van der Waals surface area (Å²) in [5.74, 6) is 0.548. The molecule has 1 aromatic carbocycles. The number of rotatable bonds is 2. The summed E-state index contributed by atoms with van der Waals surface area (Å²) in [6.07, 6.45) is 0. The molecule has 0 saturated carbocycles. The van der Waals surface area contributed by atoms with Crippen molar-refractivity contribution in [2.24, 2.45) is 0 Å². The summed E-state index contributed by atoms with van der Waals surface area (Å²) in [6, 6.07) is 8.38. The lowest BCUT2D eigenvalue weighted by molar-refractivity contribution is 0.278. The normalized spacial score (nSPS) is 11.4. The van der Waals surface area contributed by atoms with E-state index in [1.807, 2.05) is 6.07 Å². The lowest BCUT2D eigenvalue weighted by atomic mass is 10.0. The van der Waals surface area contributed by atoms with E-state index in [0.29, 0.717) is 5.92 Å². The SMILES string of the molecule is CC(C)c1ccc2[nH]c(CO)cc2c1. The number of H-pyrrole nitrogens is 1. The van der Waals surface area contributed by atoms with Crippen LogP contribution < -0.4 is 0 Å². The fraction of sp³-hybridized carbons (Fsp3) is 0.333. The van der Waals surface area contributed by atoms with Gasteiger partial charge in [-0.15, -0.1) is 0 Å². The molecule has 74 valence electrons. The van der Waals surface area contributed by atoms with E-state index in [-0.39, 0.29) is 6.61 Å². The number of fused-ring (bicyclic) bond motifs is 1. The molecule has 2 heteroatoms. The van der Waals surface area contributed by atoms with Crippen LogP contribution in [-0.4, -0.2) is 10.1 Å². The van der Waals surface area contributed by atoms with Crippen LogP contribution in [0.25, 0.3) is 10.9 Å². The monoisotopic (exact) mass is 189 g/mol. The molecule has 0 aliphatic rings. The molecule has 2 nitrogen and oxygen atoms in total. The summed E-state index contributed by atoms with van der Waals surface area (Å²) in [7, 11) is 0. The second-order valence-electron chi connectivity index (χ2n) is 3.95. The van der Waals surface area contributed by atoms with Gasteiger partial charge in [0.05, 0.1) is 6.61 Å². The molecule has 0 aliphatic heterocycles. The molecule has 0 bridgehead atoms. The van der Waals surface area contributed by atoms with Crippen molar-refractivity contribution in [1.29, 1.82) is 0 Å². The highest BCUT2D eigenvalue weighted by molar-refractivity contribution is 5.81. The van der Waals surface area contributed by atoms with Crippen LogP contribution in [0.4, 0.5) is 0 Å². The molecule has 14 heavy (non-hydrogen) atoms. The molecular formula is C12H15NO. The van der Waals surface area contributed by atoms with Crippen LogP contribution in [0.2, 0.25) is 0 Å². The van der Waals surface area contributed by atoms with Crippen LogP contribution in [0.15, 0.2) is 24.3 Å². The van der Waals surface area contributed by atoms with Crippen LogP contribution in [-0.2, 0) is 6.61 Å². The van der Waals surface area contributed by atoms with Crippen molar-refractivity contribution in [2.45, 2.75) is 26.4 Å². The maximum Gasteiger partial charge on any atom is 0.0831 e. The Morgan fingerprint density at radius 1 is 1.29 bits per heavy atom. The number of aromatic nitrogens is 1. The Labute approximate surface area is 83.6 Å². The Bertz CT molecular complexity index is 443. The molecular weight excluding hydrogens is 174 g/mol. The highest BCUT2D eigenvalue weighted by atomic mass is 16.3. The number of nitrogens with one attached hydrogen (secondary N) is 1. The first-order valence-corrected chi connectivity index (χ1v) is 4.93. The predicted molar refractivity (Wildman–Crippen MR) is 58.3 cm³/mol. The minimum atomic E-state index is 0.0751. The van der Waals surface area contributed by atoms with Crippen molar-refractivity contribution in [1.82, 2.24) is 4.98 Å². The fourth-order valence-corrected chi connectivity index (χ4v) is 1.66. The van der Waals surface area contributed by atoms with Gasteiger partial charge in [0.15, 0.2) is 0 Å². The van der Waals surface area contributed by atoms with Gasteiger partial charge in [0.2, 0.25) is 0 Å². The van der Waals surface area contributed by atoms with E-state index in [1.165, 1.54) is 10.9 Å². The molecule has 1 aromatic heterocycles. The number of hydrogen-bond acceptors (Lipinski definition) is 1. The molecule has 0 radical (unpaired) electrons. The summed E-state index contributed by atoms with van der Waals surface area (Å²) >= 11 is 0. The van der Waals surface area contributed by atoms with Gasteiger partial charge in [-0.05, 0) is 29.7 Å². The topological polar surface area (TPSA) is 36.0 Å². The van der Waals surface area contributed by atoms with E-state index >= 15 is 0 Å². The van der Waals surface area contributed by atoms with Crippen molar-refractivity contribution in [2.75, 3.05) is 0 Å². The number of benzene rings is 1. The number of aliphatic hydroxyl groups is 1. The van der Waals surface area contributed by atoms with Crippen LogP contribution in [0.3, 0.4) is 0 Å². The molecule has 1 heterocycles. The number of hydrogen-bond donors (Lipinski definition) is 2. The highest BCUT2D eigenvalue weighted by Gasteiger charge is 2.03. The molecule has 0 unspecified atom stereocenters. The zero-order valence-electron chi connectivity index (χ0n) is 8.54. The number of aliphatic hydroxyl groups excluding tert-OH is 1. The molecule has 0 amide bonds. The summed E-state index contributed by atoms with van der Waals surface area (Å²) in [5.41, 5.74) is 3.31. The molecule has 2 aromatic rings. The van der Waals surface area contributed by atoms with Crippen molar-refractivity contribution < 1.29 is 5.11 Å². The van der Waals surface area contributed by atoms with E-state index in [1.54, 1.807) is 0 Å². The molecule has 2 N–H and O–H groups in total. The zero-order chi connectivity index (χ0) is 10.1. The Balaban J connectivity index is 2.54. The van der Waals surface area contributed by atoms with E-state index in [4.69, 9.17) is 5.11 Å². The highest BCUT2D eigenvalue weighted by Crippen LogP contribution is 2.21. The molecule has 0 saturated heterocycles. The Hall–Kier alpha value is -1.28. The Morgan fingerprint density at radius 3 is 2.71 bits per heavy atom. The van der Waals surface area contributed by atoms with Crippen LogP contribution >= 0.6 is 0 Å². The third-order valence-electron chi connectivity index (χ3n) is 2.54. The van der Waals surface area contributed by atoms with Gasteiger partial charge in [-0.25, -0.2) is 0 Å². The van der Waals surface area contributed by atoms with Crippen molar-refractivity contribution in [3.05, 3.63) is 35.5 Å². The second kappa shape index (κ2) is 3.46. The van der Waals surface area contributed by atoms with Gasteiger partial charge in [0.25, 0.3) is 0 Å². The number of aromatic amines is 1. The molecule has 0 atom stereocenters. The van der Waals surface area contributed by atoms with Crippen molar-refractivity contribution in [3.63, 3.8) is 0 Å². The third kappa shape index (κ3) is 1.53. The first kappa shape index (κ1) is 9.28. The van der Waals surface area contributed by atoms with Gasteiger partial charge in [0.1, 0.15) is 0 Å². The summed E-state index contributed by atoms with van der Waals surface area (Å²) in [6.45, 7) is 4.44. The molecule has 0 aliphatic carbocycles. The van der Waals surface area contributed by atoms with Crippen molar-refractivity contribution >= 4 is 10.9 Å². The van der Waals surface area contributed by atoms with Crippen molar-refractivity contribution in [3.8, 4) is 0 Å². The largest absolute Gasteiger partial charge is 0.390 e. The first-order valence-electron chi connectivity index (χ1n) is 4.93. The standard InChI is InChI=1S/C12H15NO/c1-8(2)9-3-4-12-10(5-9)6-11(7-14)13-12/h3-6,8,13-14H,7H2,1-2H3. The lowest BCUT2D eigenvalue weighted by Gasteiger charge is -2.03. The zero-order valence-corrected chi connectivity index (χ0v) is 8.54. The minimum absolute atomic E-state index is 0.0751. The van der Waals surface area contributed by atoms with E-state index in [0.717, 1.165) is 11.2 Å². The quantitative estimate of drug-likeness (QED) is 0.748. The van der Waals surface area contributed by atoms with E-state index in [9.17, 15) is 0 Å². The van der Waals surface area contributed by atoms with E-state index in [2.05, 4.69) is 37.0 Å². The fourth-order valence-electron chi connectivity index (χ4n) is 1.66. The molecule has 0 fully saturated rings. The van der Waals surface area contributed by atoms with Crippen LogP contribution in [0.5, 0.6) is 0 Å². The average Bonchev–Trinajstić information content (AvgIpc) is 2.58.